The van der Waals surface area contributed by atoms with Gasteiger partial charge < -0.3 is 75.9 Å². The van der Waals surface area contributed by atoms with Crippen LogP contribution in [0.15, 0.2) is 9.98 Å². The summed E-state index contributed by atoms with van der Waals surface area (Å²) in [5.41, 5.74) is 32.0. The van der Waals surface area contributed by atoms with Crippen LogP contribution in [0, 0.1) is 0 Å². The lowest BCUT2D eigenvalue weighted by Gasteiger charge is -2.33. The van der Waals surface area contributed by atoms with Crippen molar-refractivity contribution in [3.05, 3.63) is 0 Å². The molecule has 0 aromatic carbocycles. The smallest absolute Gasteiger partial charge is 0.326 e. The Morgan fingerprint density at radius 2 is 1.27 bits per heavy atom. The Morgan fingerprint density at radius 3 is 1.83 bits per heavy atom. The Kier molecular flexibility index (Phi) is 20.3. The Balaban J connectivity index is 2.20. The van der Waals surface area contributed by atoms with Crippen molar-refractivity contribution in [2.75, 3.05) is 39.3 Å². The van der Waals surface area contributed by atoms with E-state index < -0.39 is 96.0 Å². The summed E-state index contributed by atoms with van der Waals surface area (Å²) in [4.78, 5) is 126. The highest BCUT2D eigenvalue weighted by Gasteiger charge is 2.44. The Morgan fingerprint density at radius 1 is 0.695 bits per heavy atom. The van der Waals surface area contributed by atoms with E-state index in [9.17, 15) is 48.3 Å². The van der Waals surface area contributed by atoms with Gasteiger partial charge in [0.25, 0.3) is 0 Å². The molecule has 59 heavy (non-hydrogen) atoms. The molecular formula is C34H59N15O10. The minimum atomic E-state index is -1.33. The standard InChI is InChI=1S/C34H59N15O10/c1-18(44-25(51)16-35)27(53)43-17-26(52)45-20(10-11-24(36)50)30(56)49-15-5-9-23(49)31(57)48-14-4-8-22(48)29(55)46-19(6-2-12-41-33(37)38)28(54)47-21(32(58)59)7-3-13-42-34(39)40/h18-23H,2-17,35H2,1H3,(H2,36,50)(H,43,53)(H,44,51)(H,45,52)(H,46,55)(H,47,54)(H,58,59)(H4,37,38,41)(H4,39,40,42)/t18-,19-,20-,21-,22-,23-/m0/s1. The van der Waals surface area contributed by atoms with E-state index in [1.165, 1.54) is 16.7 Å². The van der Waals surface area contributed by atoms with Crippen molar-refractivity contribution in [3.8, 4) is 0 Å². The number of rotatable bonds is 24. The molecule has 0 aromatic rings. The van der Waals surface area contributed by atoms with Gasteiger partial charge in [-0.15, -0.1) is 0 Å². The van der Waals surface area contributed by atoms with Gasteiger partial charge >= 0.3 is 5.97 Å². The molecule has 25 nitrogen and oxygen atoms in total. The second-order valence-electron chi connectivity index (χ2n) is 14.1. The van der Waals surface area contributed by atoms with Crippen molar-refractivity contribution < 1.29 is 48.3 Å². The quantitative estimate of drug-likeness (QED) is 0.0244. The molecule has 8 amide bonds. The van der Waals surface area contributed by atoms with Gasteiger partial charge in [-0.05, 0) is 64.7 Å². The molecule has 0 unspecified atom stereocenters. The van der Waals surface area contributed by atoms with Crippen molar-refractivity contribution >= 4 is 65.1 Å². The number of hydrogen-bond acceptors (Lipinski definition) is 12. The van der Waals surface area contributed by atoms with Gasteiger partial charge in [-0.3, -0.25) is 48.3 Å². The number of carboxylic acid groups (broad SMARTS) is 1. The number of carboxylic acids is 1. The lowest BCUT2D eigenvalue weighted by molar-refractivity contribution is -0.148. The molecule has 6 atom stereocenters. The summed E-state index contributed by atoms with van der Waals surface area (Å²) in [7, 11) is 0. The largest absolute Gasteiger partial charge is 0.480 e. The molecule has 0 spiro atoms. The second-order valence-corrected chi connectivity index (χ2v) is 14.1. The molecule has 25 heteroatoms. The lowest BCUT2D eigenvalue weighted by atomic mass is 10.1. The van der Waals surface area contributed by atoms with E-state index in [1.54, 1.807) is 0 Å². The van der Waals surface area contributed by atoms with Crippen LogP contribution in [-0.4, -0.2) is 156 Å². The van der Waals surface area contributed by atoms with Crippen molar-refractivity contribution in [2.24, 2.45) is 44.4 Å². The molecule has 0 bridgehead atoms. The average molecular weight is 838 g/mol. The zero-order chi connectivity index (χ0) is 44.2. The topological polar surface area (TPSA) is 421 Å². The van der Waals surface area contributed by atoms with Gasteiger partial charge in [-0.25, -0.2) is 4.79 Å². The van der Waals surface area contributed by atoms with Crippen LogP contribution in [0.3, 0.4) is 0 Å². The van der Waals surface area contributed by atoms with Crippen molar-refractivity contribution in [2.45, 2.75) is 107 Å². The van der Waals surface area contributed by atoms with Gasteiger partial charge in [0.15, 0.2) is 11.9 Å². The number of nitrogens with one attached hydrogen (secondary N) is 5. The summed E-state index contributed by atoms with van der Waals surface area (Å²) in [5.74, 6) is -7.22. The lowest BCUT2D eigenvalue weighted by Crippen LogP contribution is -2.58. The second kappa shape index (κ2) is 24.5. The van der Waals surface area contributed by atoms with Crippen LogP contribution < -0.4 is 61.0 Å². The first-order valence-electron chi connectivity index (χ1n) is 19.3. The monoisotopic (exact) mass is 837 g/mol. The van der Waals surface area contributed by atoms with Crippen LogP contribution in [-0.2, 0) is 43.2 Å². The van der Waals surface area contributed by atoms with E-state index in [-0.39, 0.29) is 96.0 Å². The SMILES string of the molecule is C[C@H](NC(=O)CN)C(=O)NCC(=O)N[C@@H](CCC(N)=O)C(=O)N1CCC[C@H]1C(=O)N1CCC[C@H]1C(=O)N[C@@H](CCCN=C(N)N)C(=O)N[C@@H](CCCN=C(N)N)C(=O)O. The van der Waals surface area contributed by atoms with Crippen molar-refractivity contribution in [3.63, 3.8) is 0 Å². The molecule has 2 aliphatic heterocycles. The summed E-state index contributed by atoms with van der Waals surface area (Å²) >= 11 is 0. The highest BCUT2D eigenvalue weighted by molar-refractivity contribution is 5.97. The molecular weight excluding hydrogens is 778 g/mol. The maximum Gasteiger partial charge on any atom is 0.326 e. The van der Waals surface area contributed by atoms with Crippen molar-refractivity contribution in [1.82, 2.24) is 36.4 Å². The number of guanidine groups is 2. The van der Waals surface area contributed by atoms with Crippen LogP contribution in [0.4, 0.5) is 0 Å². The van der Waals surface area contributed by atoms with Gasteiger partial charge in [0, 0.05) is 32.6 Å². The summed E-state index contributed by atoms with van der Waals surface area (Å²) in [6, 6.07) is -6.99. The van der Waals surface area contributed by atoms with Crippen LogP contribution in [0.5, 0.6) is 0 Å². The Bertz CT molecular complexity index is 1600. The molecule has 0 aromatic heterocycles. The molecule has 2 heterocycles. The number of carbonyl (C=O) groups is 9. The van der Waals surface area contributed by atoms with E-state index in [0.29, 0.717) is 12.8 Å². The summed E-state index contributed by atoms with van der Waals surface area (Å²) in [5, 5.41) is 22.0. The third-order valence-electron chi connectivity index (χ3n) is 9.49. The molecule has 18 N–H and O–H groups in total. The maximum atomic E-state index is 14.1. The number of hydrogen-bond donors (Lipinski definition) is 12. The van der Waals surface area contributed by atoms with E-state index in [1.807, 2.05) is 0 Å². The van der Waals surface area contributed by atoms with Gasteiger partial charge in [-0.2, -0.15) is 0 Å². The third-order valence-corrected chi connectivity index (χ3v) is 9.49. The van der Waals surface area contributed by atoms with Crippen LogP contribution >= 0.6 is 0 Å². The Labute approximate surface area is 340 Å². The normalized spacial score (nSPS) is 17.9. The maximum absolute atomic E-state index is 14.1. The number of aliphatic imine (C=N–C) groups is 2. The molecule has 0 saturated carbocycles. The Hall–Kier alpha value is -6.27. The summed E-state index contributed by atoms with van der Waals surface area (Å²) in [6.07, 6.45) is 1.19. The predicted octanol–water partition coefficient (Wildman–Crippen LogP) is -6.54. The minimum absolute atomic E-state index is 0.00618. The summed E-state index contributed by atoms with van der Waals surface area (Å²) < 4.78 is 0. The van der Waals surface area contributed by atoms with Gasteiger partial charge in [0.2, 0.25) is 47.3 Å². The zero-order valence-electron chi connectivity index (χ0n) is 33.2. The highest BCUT2D eigenvalue weighted by atomic mass is 16.4. The zero-order valence-corrected chi connectivity index (χ0v) is 33.2. The molecule has 2 saturated heterocycles. The van der Waals surface area contributed by atoms with Crippen LogP contribution in [0.25, 0.3) is 0 Å². The van der Waals surface area contributed by atoms with Gasteiger partial charge in [-0.1, -0.05) is 0 Å². The third kappa shape index (κ3) is 16.6. The number of likely N-dealkylation sites (tertiary alicyclic amines) is 2. The fourth-order valence-electron chi connectivity index (χ4n) is 6.53. The number of nitrogens with two attached hydrogens (primary N) is 6. The van der Waals surface area contributed by atoms with Gasteiger partial charge in [0.1, 0.15) is 36.3 Å². The molecule has 2 fully saturated rings. The number of nitrogens with zero attached hydrogens (tertiary/aromatic N) is 4. The molecule has 0 radical (unpaired) electrons. The number of amides is 8. The van der Waals surface area contributed by atoms with E-state index in [2.05, 4.69) is 36.6 Å². The van der Waals surface area contributed by atoms with Crippen LogP contribution in [0.1, 0.15) is 71.1 Å². The van der Waals surface area contributed by atoms with E-state index in [0.717, 1.165) is 0 Å². The summed E-state index contributed by atoms with van der Waals surface area (Å²) in [6.45, 7) is 0.940. The van der Waals surface area contributed by atoms with E-state index in [4.69, 9.17) is 34.4 Å². The fourth-order valence-corrected chi connectivity index (χ4v) is 6.53. The molecule has 2 rings (SSSR count). The van der Waals surface area contributed by atoms with E-state index >= 15 is 0 Å². The van der Waals surface area contributed by atoms with Crippen molar-refractivity contribution in [1.29, 1.82) is 0 Å². The minimum Gasteiger partial charge on any atom is -0.480 e. The first-order valence-corrected chi connectivity index (χ1v) is 19.3. The predicted molar refractivity (Wildman–Crippen MR) is 211 cm³/mol. The van der Waals surface area contributed by atoms with Crippen LogP contribution in [0.2, 0.25) is 0 Å². The average Bonchev–Trinajstić information content (AvgIpc) is 3.88. The molecule has 330 valence electrons. The number of primary amides is 1. The molecule has 2 aliphatic rings. The molecule has 0 aliphatic carbocycles. The number of aliphatic carboxylic acids is 1. The number of carbonyl (C=O) groups excluding carboxylic acids is 8. The highest BCUT2D eigenvalue weighted by Crippen LogP contribution is 2.26. The first-order chi connectivity index (χ1) is 27.9. The fraction of sp³-hybridized carbons (Fsp3) is 0.676. The van der Waals surface area contributed by atoms with Gasteiger partial charge in [0.05, 0.1) is 13.1 Å². The first kappa shape index (κ1) is 48.9.